The highest BCUT2D eigenvalue weighted by Gasteiger charge is 1.94. The number of rotatable bonds is 3. The Labute approximate surface area is 79.8 Å². The first-order valence-corrected chi connectivity index (χ1v) is 4.38. The molecule has 0 spiro atoms. The van der Waals surface area contributed by atoms with Crippen LogP contribution in [0.4, 0.5) is 5.69 Å². The minimum Gasteiger partial charge on any atom is -0.356 e. The molecule has 0 atom stereocenters. The van der Waals surface area contributed by atoms with Crippen LogP contribution in [0.25, 0.3) is 0 Å². The average molecular weight is 173 g/mol. The number of aryl methyl sites for hydroxylation is 1. The van der Waals surface area contributed by atoms with Crippen LogP contribution in [0, 0.1) is 6.92 Å². The number of hydrogen-bond acceptors (Lipinski definition) is 1. The van der Waals surface area contributed by atoms with E-state index in [0.29, 0.717) is 0 Å². The molecule has 0 saturated carbocycles. The molecule has 1 nitrogen and oxygen atoms in total. The molecule has 0 heterocycles. The van der Waals surface area contributed by atoms with Crippen LogP contribution in [-0.2, 0) is 0 Å². The fourth-order valence-corrected chi connectivity index (χ4v) is 1.13. The first kappa shape index (κ1) is 9.59. The molecule has 0 fully saturated rings. The van der Waals surface area contributed by atoms with Gasteiger partial charge in [0, 0.05) is 11.4 Å². The molecule has 0 radical (unpaired) electrons. The van der Waals surface area contributed by atoms with E-state index in [4.69, 9.17) is 0 Å². The molecule has 1 N–H and O–H groups in total. The molecule has 68 valence electrons. The Morgan fingerprint density at radius 1 is 1.38 bits per heavy atom. The van der Waals surface area contributed by atoms with Gasteiger partial charge in [-0.1, -0.05) is 30.9 Å². The topological polar surface area (TPSA) is 12.0 Å². The van der Waals surface area contributed by atoms with Crippen LogP contribution in [0.3, 0.4) is 0 Å². The summed E-state index contributed by atoms with van der Waals surface area (Å²) in [5.41, 5.74) is 3.26. The molecule has 0 aromatic heterocycles. The van der Waals surface area contributed by atoms with Crippen molar-refractivity contribution in [2.45, 2.75) is 13.8 Å². The zero-order valence-electron chi connectivity index (χ0n) is 8.17. The Morgan fingerprint density at radius 3 is 2.69 bits per heavy atom. The van der Waals surface area contributed by atoms with E-state index in [2.05, 4.69) is 24.9 Å². The van der Waals surface area contributed by atoms with Crippen LogP contribution in [-0.4, -0.2) is 0 Å². The van der Waals surface area contributed by atoms with Crippen LogP contribution < -0.4 is 5.32 Å². The van der Waals surface area contributed by atoms with Crippen LogP contribution in [0.15, 0.2) is 48.7 Å². The molecule has 0 unspecified atom stereocenters. The minimum atomic E-state index is 0.914. The summed E-state index contributed by atoms with van der Waals surface area (Å²) in [6.45, 7) is 7.93. The molecule has 0 aliphatic carbocycles. The second-order valence-corrected chi connectivity index (χ2v) is 2.97. The Kier molecular flexibility index (Phi) is 3.32. The highest BCUT2D eigenvalue weighted by molar-refractivity contribution is 5.55. The molecule has 0 bridgehead atoms. The molecule has 0 aliphatic rings. The van der Waals surface area contributed by atoms with Gasteiger partial charge in [-0.25, -0.2) is 0 Å². The molecule has 1 rings (SSSR count). The summed E-state index contributed by atoms with van der Waals surface area (Å²) >= 11 is 0. The minimum absolute atomic E-state index is 0.914. The second kappa shape index (κ2) is 4.51. The molecular formula is C12H15N. The molecular weight excluding hydrogens is 158 g/mol. The third-order valence-electron chi connectivity index (χ3n) is 1.81. The summed E-state index contributed by atoms with van der Waals surface area (Å²) in [5, 5.41) is 3.23. The van der Waals surface area contributed by atoms with Gasteiger partial charge in [0.2, 0.25) is 0 Å². The van der Waals surface area contributed by atoms with Gasteiger partial charge in [0.25, 0.3) is 0 Å². The quantitative estimate of drug-likeness (QED) is 0.690. The Morgan fingerprint density at radius 2 is 2.08 bits per heavy atom. The number of anilines is 1. The van der Waals surface area contributed by atoms with E-state index in [1.54, 1.807) is 0 Å². The third-order valence-corrected chi connectivity index (χ3v) is 1.81. The molecule has 1 aromatic carbocycles. The van der Waals surface area contributed by atoms with E-state index in [0.717, 1.165) is 11.4 Å². The number of nitrogens with one attached hydrogen (secondary N) is 1. The maximum atomic E-state index is 3.88. The summed E-state index contributed by atoms with van der Waals surface area (Å²) in [6, 6.07) is 8.16. The third kappa shape index (κ3) is 2.79. The first-order chi connectivity index (χ1) is 6.24. The molecule has 0 saturated heterocycles. The maximum Gasteiger partial charge on any atom is 0.0413 e. The van der Waals surface area contributed by atoms with Gasteiger partial charge in [-0.15, -0.1) is 0 Å². The van der Waals surface area contributed by atoms with Crippen LogP contribution in [0.5, 0.6) is 0 Å². The number of para-hydroxylation sites is 1. The van der Waals surface area contributed by atoms with E-state index in [-0.39, 0.29) is 0 Å². The van der Waals surface area contributed by atoms with Crippen molar-refractivity contribution in [3.8, 4) is 0 Å². The highest BCUT2D eigenvalue weighted by Crippen LogP contribution is 2.15. The SMILES string of the molecule is C=C(/C=C\C)Nc1ccccc1C. The standard InChI is InChI=1S/C12H15N/c1-4-7-11(3)13-12-9-6-5-8-10(12)2/h4-9,13H,3H2,1-2H3/b7-4-. The fourth-order valence-electron chi connectivity index (χ4n) is 1.13. The monoisotopic (exact) mass is 173 g/mol. The predicted molar refractivity (Wildman–Crippen MR) is 58.8 cm³/mol. The van der Waals surface area contributed by atoms with E-state index < -0.39 is 0 Å². The Bertz CT molecular complexity index is 324. The lowest BCUT2D eigenvalue weighted by molar-refractivity contribution is 1.40. The Hall–Kier alpha value is -1.50. The summed E-state index contributed by atoms with van der Waals surface area (Å²) in [6.07, 6.45) is 3.92. The molecule has 1 heteroatoms. The normalized spacial score (nSPS) is 10.3. The number of hydrogen-bond donors (Lipinski definition) is 1. The largest absolute Gasteiger partial charge is 0.356 e. The summed E-state index contributed by atoms with van der Waals surface area (Å²) in [7, 11) is 0. The highest BCUT2D eigenvalue weighted by atomic mass is 14.9. The first-order valence-electron chi connectivity index (χ1n) is 4.38. The van der Waals surface area contributed by atoms with Crippen molar-refractivity contribution in [2.75, 3.05) is 5.32 Å². The van der Waals surface area contributed by atoms with Crippen molar-refractivity contribution in [2.24, 2.45) is 0 Å². The van der Waals surface area contributed by atoms with Crippen LogP contribution in [0.1, 0.15) is 12.5 Å². The van der Waals surface area contributed by atoms with Crippen molar-refractivity contribution in [3.63, 3.8) is 0 Å². The van der Waals surface area contributed by atoms with Crippen LogP contribution >= 0.6 is 0 Å². The van der Waals surface area contributed by atoms with Gasteiger partial charge in [-0.05, 0) is 31.6 Å². The summed E-state index contributed by atoms with van der Waals surface area (Å²) < 4.78 is 0. The fraction of sp³-hybridized carbons (Fsp3) is 0.167. The van der Waals surface area contributed by atoms with E-state index in [1.807, 2.05) is 37.3 Å². The van der Waals surface area contributed by atoms with Gasteiger partial charge in [-0.2, -0.15) is 0 Å². The lowest BCUT2D eigenvalue weighted by Crippen LogP contribution is -1.96. The second-order valence-electron chi connectivity index (χ2n) is 2.97. The van der Waals surface area contributed by atoms with Crippen molar-refractivity contribution in [1.82, 2.24) is 0 Å². The lowest BCUT2D eigenvalue weighted by atomic mass is 10.2. The zero-order valence-corrected chi connectivity index (χ0v) is 8.17. The number of benzene rings is 1. The van der Waals surface area contributed by atoms with Gasteiger partial charge in [0.1, 0.15) is 0 Å². The average Bonchev–Trinajstić information content (AvgIpc) is 2.09. The molecule has 0 amide bonds. The van der Waals surface area contributed by atoms with Gasteiger partial charge in [0.05, 0.1) is 0 Å². The summed E-state index contributed by atoms with van der Waals surface area (Å²) in [5.74, 6) is 0. The molecule has 0 aliphatic heterocycles. The Balaban J connectivity index is 2.74. The van der Waals surface area contributed by atoms with Gasteiger partial charge < -0.3 is 5.32 Å². The van der Waals surface area contributed by atoms with Crippen molar-refractivity contribution in [1.29, 1.82) is 0 Å². The van der Waals surface area contributed by atoms with Crippen molar-refractivity contribution >= 4 is 5.69 Å². The van der Waals surface area contributed by atoms with Gasteiger partial charge >= 0.3 is 0 Å². The summed E-state index contributed by atoms with van der Waals surface area (Å²) in [4.78, 5) is 0. The zero-order chi connectivity index (χ0) is 9.68. The predicted octanol–water partition coefficient (Wildman–Crippen LogP) is 3.50. The molecule has 1 aromatic rings. The number of allylic oxidation sites excluding steroid dienone is 2. The van der Waals surface area contributed by atoms with Gasteiger partial charge in [0.15, 0.2) is 0 Å². The maximum absolute atomic E-state index is 3.88. The van der Waals surface area contributed by atoms with Crippen molar-refractivity contribution in [3.05, 3.63) is 54.3 Å². The van der Waals surface area contributed by atoms with E-state index >= 15 is 0 Å². The smallest absolute Gasteiger partial charge is 0.0413 e. The van der Waals surface area contributed by atoms with E-state index in [1.165, 1.54) is 5.56 Å². The molecule has 13 heavy (non-hydrogen) atoms. The lowest BCUT2D eigenvalue weighted by Gasteiger charge is -2.08. The van der Waals surface area contributed by atoms with Crippen molar-refractivity contribution < 1.29 is 0 Å². The van der Waals surface area contributed by atoms with Crippen LogP contribution in [0.2, 0.25) is 0 Å². The van der Waals surface area contributed by atoms with E-state index in [9.17, 15) is 0 Å². The van der Waals surface area contributed by atoms with Gasteiger partial charge in [-0.3, -0.25) is 0 Å².